The Kier molecular flexibility index (Phi) is 4.39. The number of aryl methyl sites for hydroxylation is 1. The smallest absolute Gasteiger partial charge is 0.336 e. The van der Waals surface area contributed by atoms with Gasteiger partial charge in [0.1, 0.15) is 11.3 Å². The number of phenols is 1. The lowest BCUT2D eigenvalue weighted by Gasteiger charge is -2.36. The molecule has 5 nitrogen and oxygen atoms in total. The van der Waals surface area contributed by atoms with Crippen LogP contribution in [0.25, 0.3) is 11.0 Å². The molecule has 0 saturated carbocycles. The molecule has 0 aliphatic carbocycles. The molecule has 1 N–H and O–H groups in total. The number of hydrogen-bond donors (Lipinski definition) is 1. The molecule has 134 valence electrons. The normalized spacial score (nSPS) is 15.5. The van der Waals surface area contributed by atoms with Gasteiger partial charge in [-0.15, -0.1) is 0 Å². The predicted molar refractivity (Wildman–Crippen MR) is 103 cm³/mol. The number of fused-ring (bicyclic) bond motifs is 1. The summed E-state index contributed by atoms with van der Waals surface area (Å²) < 4.78 is 5.22. The third-order valence-corrected chi connectivity index (χ3v) is 5.04. The molecule has 2 heterocycles. The Morgan fingerprint density at radius 3 is 2.58 bits per heavy atom. The zero-order valence-electron chi connectivity index (χ0n) is 14.8. The van der Waals surface area contributed by atoms with E-state index in [4.69, 9.17) is 4.42 Å². The lowest BCUT2D eigenvalue weighted by molar-refractivity contribution is 0.250. The second-order valence-electron chi connectivity index (χ2n) is 6.82. The summed E-state index contributed by atoms with van der Waals surface area (Å²) in [6, 6.07) is 15.0. The van der Waals surface area contributed by atoms with Crippen LogP contribution in [0, 0.1) is 6.92 Å². The molecule has 0 spiro atoms. The van der Waals surface area contributed by atoms with E-state index in [1.165, 1.54) is 17.3 Å². The maximum atomic E-state index is 11.9. The second kappa shape index (κ2) is 6.84. The molecular formula is C21H22N2O3. The van der Waals surface area contributed by atoms with Gasteiger partial charge in [0.15, 0.2) is 0 Å². The summed E-state index contributed by atoms with van der Waals surface area (Å²) in [5.41, 5.74) is 3.60. The first-order valence-electron chi connectivity index (χ1n) is 8.89. The van der Waals surface area contributed by atoms with E-state index < -0.39 is 0 Å². The van der Waals surface area contributed by atoms with Crippen LogP contribution in [0.4, 0.5) is 5.69 Å². The molecule has 0 amide bonds. The Balaban J connectivity index is 1.51. The Morgan fingerprint density at radius 1 is 1.04 bits per heavy atom. The molecule has 0 unspecified atom stereocenters. The SMILES string of the molecule is Cc1ccccc1N1CCN(Cc2cc(=O)oc3cc(O)ccc23)CC1. The summed E-state index contributed by atoms with van der Waals surface area (Å²) in [6.45, 7) is 6.65. The molecule has 1 aromatic heterocycles. The van der Waals surface area contributed by atoms with Crippen LogP contribution in [-0.2, 0) is 6.54 Å². The van der Waals surface area contributed by atoms with Crippen LogP contribution in [0.3, 0.4) is 0 Å². The summed E-state index contributed by atoms with van der Waals surface area (Å²) in [5.74, 6) is 0.102. The topological polar surface area (TPSA) is 56.9 Å². The van der Waals surface area contributed by atoms with E-state index >= 15 is 0 Å². The van der Waals surface area contributed by atoms with Gasteiger partial charge >= 0.3 is 5.63 Å². The summed E-state index contributed by atoms with van der Waals surface area (Å²) in [7, 11) is 0. The van der Waals surface area contributed by atoms with Crippen molar-refractivity contribution in [1.82, 2.24) is 4.90 Å². The molecule has 1 saturated heterocycles. The first kappa shape index (κ1) is 16.7. The van der Waals surface area contributed by atoms with Crippen molar-refractivity contribution in [2.24, 2.45) is 0 Å². The highest BCUT2D eigenvalue weighted by Crippen LogP contribution is 2.24. The van der Waals surface area contributed by atoms with E-state index in [0.717, 1.165) is 37.1 Å². The number of nitrogens with zero attached hydrogens (tertiary/aromatic N) is 2. The first-order chi connectivity index (χ1) is 12.6. The van der Waals surface area contributed by atoms with Crippen LogP contribution < -0.4 is 10.5 Å². The molecular weight excluding hydrogens is 328 g/mol. The van der Waals surface area contributed by atoms with E-state index in [9.17, 15) is 9.90 Å². The van der Waals surface area contributed by atoms with Crippen LogP contribution in [0.1, 0.15) is 11.1 Å². The standard InChI is InChI=1S/C21H22N2O3/c1-15-4-2-3-5-19(15)23-10-8-22(9-11-23)14-16-12-21(25)26-20-13-17(24)6-7-18(16)20/h2-7,12-13,24H,8-11,14H2,1H3. The van der Waals surface area contributed by atoms with Gasteiger partial charge < -0.3 is 14.4 Å². The number of rotatable bonds is 3. The fourth-order valence-corrected chi connectivity index (χ4v) is 3.66. The number of aromatic hydroxyl groups is 1. The van der Waals surface area contributed by atoms with E-state index in [1.807, 2.05) is 6.07 Å². The average Bonchev–Trinajstić information content (AvgIpc) is 2.62. The van der Waals surface area contributed by atoms with Gasteiger partial charge in [-0.2, -0.15) is 0 Å². The van der Waals surface area contributed by atoms with Gasteiger partial charge in [-0.3, -0.25) is 4.90 Å². The number of anilines is 1. The summed E-state index contributed by atoms with van der Waals surface area (Å²) in [6.07, 6.45) is 0. The zero-order valence-corrected chi connectivity index (χ0v) is 14.8. The third kappa shape index (κ3) is 3.30. The van der Waals surface area contributed by atoms with E-state index in [-0.39, 0.29) is 11.4 Å². The lowest BCUT2D eigenvalue weighted by atomic mass is 10.1. The molecule has 0 bridgehead atoms. The average molecular weight is 350 g/mol. The molecule has 1 aliphatic rings. The minimum Gasteiger partial charge on any atom is -0.508 e. The van der Waals surface area contributed by atoms with E-state index in [2.05, 4.69) is 41.0 Å². The highest BCUT2D eigenvalue weighted by atomic mass is 16.4. The molecule has 0 radical (unpaired) electrons. The Labute approximate surface area is 152 Å². The van der Waals surface area contributed by atoms with Gasteiger partial charge in [0.25, 0.3) is 0 Å². The lowest BCUT2D eigenvalue weighted by Crippen LogP contribution is -2.46. The molecule has 3 aromatic rings. The van der Waals surface area contributed by atoms with Crippen LogP contribution in [0.15, 0.2) is 57.7 Å². The summed E-state index contributed by atoms with van der Waals surface area (Å²) in [5, 5.41) is 10.5. The quantitative estimate of drug-likeness (QED) is 0.736. The van der Waals surface area contributed by atoms with Crippen LogP contribution >= 0.6 is 0 Å². The van der Waals surface area contributed by atoms with Crippen molar-refractivity contribution in [2.45, 2.75) is 13.5 Å². The molecule has 5 heteroatoms. The maximum Gasteiger partial charge on any atom is 0.336 e. The molecule has 4 rings (SSSR count). The van der Waals surface area contributed by atoms with Gasteiger partial charge in [0.05, 0.1) is 0 Å². The van der Waals surface area contributed by atoms with Gasteiger partial charge in [-0.05, 0) is 36.2 Å². The van der Waals surface area contributed by atoms with Crippen molar-refractivity contribution in [3.63, 3.8) is 0 Å². The molecule has 1 aliphatic heterocycles. The van der Waals surface area contributed by atoms with Gasteiger partial charge in [-0.25, -0.2) is 4.79 Å². The largest absolute Gasteiger partial charge is 0.508 e. The number of hydrogen-bond acceptors (Lipinski definition) is 5. The minimum absolute atomic E-state index is 0.102. The monoisotopic (exact) mass is 350 g/mol. The van der Waals surface area contributed by atoms with Crippen molar-refractivity contribution < 1.29 is 9.52 Å². The Hall–Kier alpha value is -2.79. The third-order valence-electron chi connectivity index (χ3n) is 5.04. The van der Waals surface area contributed by atoms with Crippen molar-refractivity contribution >= 4 is 16.7 Å². The van der Waals surface area contributed by atoms with Crippen LogP contribution in [-0.4, -0.2) is 36.2 Å². The van der Waals surface area contributed by atoms with E-state index in [0.29, 0.717) is 12.1 Å². The molecule has 2 aromatic carbocycles. The number of para-hydroxylation sites is 1. The Bertz CT molecular complexity index is 988. The van der Waals surface area contributed by atoms with Gasteiger partial charge in [0.2, 0.25) is 0 Å². The second-order valence-corrected chi connectivity index (χ2v) is 6.82. The van der Waals surface area contributed by atoms with Crippen molar-refractivity contribution in [1.29, 1.82) is 0 Å². The maximum absolute atomic E-state index is 11.9. The van der Waals surface area contributed by atoms with Gasteiger partial charge in [-0.1, -0.05) is 18.2 Å². The van der Waals surface area contributed by atoms with Crippen molar-refractivity contribution in [2.75, 3.05) is 31.1 Å². The molecule has 1 fully saturated rings. The highest BCUT2D eigenvalue weighted by Gasteiger charge is 2.19. The van der Waals surface area contributed by atoms with Crippen LogP contribution in [0.5, 0.6) is 5.75 Å². The fourth-order valence-electron chi connectivity index (χ4n) is 3.66. The van der Waals surface area contributed by atoms with E-state index in [1.54, 1.807) is 12.1 Å². The van der Waals surface area contributed by atoms with Crippen LogP contribution in [0.2, 0.25) is 0 Å². The Morgan fingerprint density at radius 2 is 1.81 bits per heavy atom. The first-order valence-corrected chi connectivity index (χ1v) is 8.89. The number of piperazine rings is 1. The number of phenolic OH excluding ortho intramolecular Hbond substituents is 1. The van der Waals surface area contributed by atoms with Crippen molar-refractivity contribution in [3.05, 3.63) is 70.1 Å². The highest BCUT2D eigenvalue weighted by molar-refractivity contribution is 5.81. The molecule has 26 heavy (non-hydrogen) atoms. The minimum atomic E-state index is -0.378. The predicted octanol–water partition coefficient (Wildman–Crippen LogP) is 3.13. The van der Waals surface area contributed by atoms with Gasteiger partial charge in [0, 0.05) is 55.9 Å². The summed E-state index contributed by atoms with van der Waals surface area (Å²) >= 11 is 0. The molecule has 0 atom stereocenters. The number of benzene rings is 2. The van der Waals surface area contributed by atoms with Crippen molar-refractivity contribution in [3.8, 4) is 5.75 Å². The fraction of sp³-hybridized carbons (Fsp3) is 0.286. The zero-order chi connectivity index (χ0) is 18.1. The summed E-state index contributed by atoms with van der Waals surface area (Å²) in [4.78, 5) is 16.6.